The van der Waals surface area contributed by atoms with Gasteiger partial charge in [0.1, 0.15) is 11.9 Å². The molecule has 2 aromatic carbocycles. The highest BCUT2D eigenvalue weighted by Crippen LogP contribution is 2.37. The molecule has 1 aromatic heterocycles. The summed E-state index contributed by atoms with van der Waals surface area (Å²) in [5, 5.41) is 4.77. The Hall–Kier alpha value is -3.11. The van der Waals surface area contributed by atoms with Crippen LogP contribution >= 0.6 is 0 Å². The quantitative estimate of drug-likeness (QED) is 0.492. The second-order valence-electron chi connectivity index (χ2n) is 11.7. The minimum Gasteiger partial charge on any atom is -0.453 e. The molecule has 0 bridgehead atoms. The van der Waals surface area contributed by atoms with Crippen molar-refractivity contribution in [3.05, 3.63) is 36.2 Å². The molecule has 2 aliphatic heterocycles. The zero-order valence-electron chi connectivity index (χ0n) is 23.3. The first kappa shape index (κ1) is 26.5. The number of benzene rings is 2. The lowest BCUT2D eigenvalue weighted by Crippen LogP contribution is -2.51. The summed E-state index contributed by atoms with van der Waals surface area (Å²) >= 11 is 0. The van der Waals surface area contributed by atoms with Gasteiger partial charge in [-0.25, -0.2) is 9.78 Å². The van der Waals surface area contributed by atoms with Crippen LogP contribution in [-0.4, -0.2) is 64.9 Å². The van der Waals surface area contributed by atoms with Crippen molar-refractivity contribution in [2.24, 2.45) is 5.92 Å². The molecule has 3 aromatic rings. The van der Waals surface area contributed by atoms with Crippen LogP contribution < -0.4 is 10.8 Å². The van der Waals surface area contributed by atoms with Crippen molar-refractivity contribution in [1.29, 1.82) is 0 Å². The number of carbonyl (C=O) groups excluding carboxylic acids is 2. The molecule has 2 amide bonds. The van der Waals surface area contributed by atoms with E-state index in [9.17, 15) is 9.59 Å². The molecule has 0 saturated carbocycles. The van der Waals surface area contributed by atoms with Crippen LogP contribution in [0.25, 0.3) is 21.8 Å². The molecule has 2 aliphatic rings. The van der Waals surface area contributed by atoms with E-state index in [0.717, 1.165) is 45.9 Å². The first-order valence-corrected chi connectivity index (χ1v) is 13.3. The van der Waals surface area contributed by atoms with E-state index < -0.39 is 30.5 Å². The van der Waals surface area contributed by atoms with Crippen LogP contribution in [0.1, 0.15) is 66.3 Å². The Morgan fingerprint density at radius 2 is 1.87 bits per heavy atom. The highest BCUT2D eigenvalue weighted by Gasteiger charge is 2.51. The highest BCUT2D eigenvalue weighted by atomic mass is 16.7. The number of alkyl carbamates (subject to hydrolysis) is 1. The number of amides is 2. The number of rotatable bonds is 5. The molecule has 10 heteroatoms. The fourth-order valence-corrected chi connectivity index (χ4v) is 5.32. The number of aromatic amines is 1. The zero-order valence-corrected chi connectivity index (χ0v) is 23.3. The fraction of sp³-hybridized carbons (Fsp3) is 0.536. The summed E-state index contributed by atoms with van der Waals surface area (Å²) in [6.45, 7) is 12.6. The highest BCUT2D eigenvalue weighted by molar-refractivity contribution is 6.62. The first-order valence-electron chi connectivity index (χ1n) is 13.3. The smallest absolute Gasteiger partial charge is 0.453 e. The van der Waals surface area contributed by atoms with Crippen molar-refractivity contribution >= 4 is 46.4 Å². The van der Waals surface area contributed by atoms with Crippen LogP contribution in [0.5, 0.6) is 0 Å². The van der Waals surface area contributed by atoms with Crippen LogP contribution in [0, 0.1) is 5.92 Å². The number of aromatic nitrogens is 2. The molecule has 2 unspecified atom stereocenters. The summed E-state index contributed by atoms with van der Waals surface area (Å²) in [6, 6.07) is 9.45. The number of likely N-dealkylation sites (tertiary alicyclic amines) is 1. The second-order valence-corrected chi connectivity index (χ2v) is 11.7. The largest absolute Gasteiger partial charge is 0.494 e. The second kappa shape index (κ2) is 9.57. The summed E-state index contributed by atoms with van der Waals surface area (Å²) in [5.74, 6) is 0.555. The Balaban J connectivity index is 1.44. The predicted octanol–water partition coefficient (Wildman–Crippen LogP) is 4.06. The van der Waals surface area contributed by atoms with Gasteiger partial charge in [-0.2, -0.15) is 0 Å². The van der Waals surface area contributed by atoms with Gasteiger partial charge >= 0.3 is 13.2 Å². The van der Waals surface area contributed by atoms with E-state index in [-0.39, 0.29) is 17.9 Å². The normalized spacial score (nSPS) is 21.4. The Kier molecular flexibility index (Phi) is 6.68. The van der Waals surface area contributed by atoms with Gasteiger partial charge < -0.3 is 29.2 Å². The van der Waals surface area contributed by atoms with Crippen molar-refractivity contribution in [1.82, 2.24) is 20.2 Å². The fourth-order valence-electron chi connectivity index (χ4n) is 5.32. The minimum absolute atomic E-state index is 0.0827. The maximum atomic E-state index is 13.5. The maximum absolute atomic E-state index is 13.5. The third-order valence-corrected chi connectivity index (χ3v) is 8.28. The van der Waals surface area contributed by atoms with Gasteiger partial charge in [0.25, 0.3) is 0 Å². The molecular weight excluding hydrogens is 483 g/mol. The van der Waals surface area contributed by atoms with Crippen molar-refractivity contribution in [2.75, 3.05) is 13.7 Å². The zero-order chi connectivity index (χ0) is 27.4. The van der Waals surface area contributed by atoms with E-state index in [2.05, 4.69) is 56.2 Å². The van der Waals surface area contributed by atoms with Gasteiger partial charge in [0.2, 0.25) is 5.91 Å². The molecule has 202 valence electrons. The van der Waals surface area contributed by atoms with Crippen molar-refractivity contribution in [2.45, 2.75) is 77.7 Å². The third-order valence-electron chi connectivity index (χ3n) is 8.28. The van der Waals surface area contributed by atoms with Gasteiger partial charge in [-0.05, 0) is 63.4 Å². The molecule has 0 spiro atoms. The van der Waals surface area contributed by atoms with Crippen LogP contribution in [0.3, 0.4) is 0 Å². The van der Waals surface area contributed by atoms with Crippen LogP contribution in [0.4, 0.5) is 4.79 Å². The number of nitrogens with zero attached hydrogens (tertiary/aromatic N) is 2. The van der Waals surface area contributed by atoms with Crippen LogP contribution in [-0.2, 0) is 18.8 Å². The van der Waals surface area contributed by atoms with Gasteiger partial charge in [-0.15, -0.1) is 0 Å². The lowest BCUT2D eigenvalue weighted by molar-refractivity contribution is -0.135. The van der Waals surface area contributed by atoms with E-state index in [4.69, 9.17) is 19.0 Å². The number of hydrogen-bond donors (Lipinski definition) is 2. The number of carbonyl (C=O) groups is 2. The third kappa shape index (κ3) is 4.54. The molecule has 2 atom stereocenters. The topological polar surface area (TPSA) is 106 Å². The Morgan fingerprint density at radius 3 is 2.53 bits per heavy atom. The molecule has 2 fully saturated rings. The van der Waals surface area contributed by atoms with Crippen molar-refractivity contribution in [3.63, 3.8) is 0 Å². The standard InChI is InChI=1S/C28H37BN4O5/c1-16(2)22(32-26(35)36-7)25(34)33-14-8-9-21(33)24-30-20-13-10-17-15-18(11-12-19(17)23(20)31-24)29-37-27(3,4)28(5,6)38-29/h10-13,15-16,21-22H,8-9,14H2,1-7H3,(H,30,31)(H,32,35). The molecule has 0 aliphatic carbocycles. The van der Waals surface area contributed by atoms with E-state index in [0.29, 0.717) is 6.54 Å². The number of methoxy groups -OCH3 is 1. The number of ether oxygens (including phenoxy) is 1. The van der Waals surface area contributed by atoms with Crippen molar-refractivity contribution in [3.8, 4) is 0 Å². The SMILES string of the molecule is COC(=O)NC(C(=O)N1CCCC1c1nc2c(ccc3cc(B4OC(C)(C)C(C)(C)O4)ccc32)[nH]1)C(C)C. The van der Waals surface area contributed by atoms with Gasteiger partial charge in [0, 0.05) is 11.9 Å². The Bertz CT molecular complexity index is 1370. The van der Waals surface area contributed by atoms with Gasteiger partial charge in [0.15, 0.2) is 0 Å². The average Bonchev–Trinajstić information content (AvgIpc) is 3.57. The number of nitrogens with one attached hydrogen (secondary N) is 2. The molecule has 38 heavy (non-hydrogen) atoms. The van der Waals surface area contributed by atoms with Gasteiger partial charge in [0.05, 0.1) is 35.4 Å². The molecular formula is C28H37BN4O5. The maximum Gasteiger partial charge on any atom is 0.494 e. The molecule has 0 radical (unpaired) electrons. The number of imidazole rings is 1. The van der Waals surface area contributed by atoms with Crippen molar-refractivity contribution < 1.29 is 23.6 Å². The number of hydrogen-bond acceptors (Lipinski definition) is 6. The number of H-pyrrole nitrogens is 1. The first-order chi connectivity index (χ1) is 17.9. The molecule has 3 heterocycles. The molecule has 2 saturated heterocycles. The van der Waals surface area contributed by atoms with E-state index in [1.165, 1.54) is 7.11 Å². The Morgan fingerprint density at radius 1 is 1.16 bits per heavy atom. The van der Waals surface area contributed by atoms with E-state index in [1.807, 2.05) is 30.9 Å². The summed E-state index contributed by atoms with van der Waals surface area (Å²) in [5.41, 5.74) is 1.95. The summed E-state index contributed by atoms with van der Waals surface area (Å²) < 4.78 is 17.2. The molecule has 5 rings (SSSR count). The summed E-state index contributed by atoms with van der Waals surface area (Å²) in [6.07, 6.45) is 1.07. The monoisotopic (exact) mass is 520 g/mol. The number of fused-ring (bicyclic) bond motifs is 3. The van der Waals surface area contributed by atoms with Gasteiger partial charge in [-0.1, -0.05) is 38.1 Å². The summed E-state index contributed by atoms with van der Waals surface area (Å²) in [7, 11) is 0.868. The Labute approximate surface area is 223 Å². The van der Waals surface area contributed by atoms with Crippen LogP contribution in [0.2, 0.25) is 0 Å². The summed E-state index contributed by atoms with van der Waals surface area (Å²) in [4.78, 5) is 35.6. The predicted molar refractivity (Wildman–Crippen MR) is 147 cm³/mol. The lowest BCUT2D eigenvalue weighted by atomic mass is 9.78. The van der Waals surface area contributed by atoms with Crippen LogP contribution in [0.15, 0.2) is 30.3 Å². The average molecular weight is 520 g/mol. The lowest BCUT2D eigenvalue weighted by Gasteiger charge is -2.32. The van der Waals surface area contributed by atoms with Gasteiger partial charge in [-0.3, -0.25) is 4.79 Å². The van der Waals surface area contributed by atoms with E-state index >= 15 is 0 Å². The minimum atomic E-state index is -0.665. The van der Waals surface area contributed by atoms with E-state index in [1.54, 1.807) is 0 Å². The molecule has 9 nitrogen and oxygen atoms in total. The molecule has 2 N–H and O–H groups in total.